The number of fused-ring (bicyclic) bond motifs is 2. The van der Waals surface area contributed by atoms with E-state index in [1.165, 1.54) is 6.42 Å². The summed E-state index contributed by atoms with van der Waals surface area (Å²) in [4.78, 5) is 14.4. The molecule has 2 aliphatic rings. The molecule has 96 valence electrons. The maximum absolute atomic E-state index is 12.3. The van der Waals surface area contributed by atoms with E-state index in [4.69, 9.17) is 4.74 Å². The molecule has 2 bridgehead atoms. The van der Waals surface area contributed by atoms with Gasteiger partial charge in [-0.05, 0) is 24.1 Å². The van der Waals surface area contributed by atoms with Crippen LogP contribution in [0, 0.1) is 0 Å². The summed E-state index contributed by atoms with van der Waals surface area (Å²) < 4.78 is 5.18. The maximum Gasteiger partial charge on any atom is 0.227 e. The lowest BCUT2D eigenvalue weighted by Gasteiger charge is -2.26. The van der Waals surface area contributed by atoms with Crippen LogP contribution >= 0.6 is 11.8 Å². The number of ether oxygens (including phenoxy) is 1. The van der Waals surface area contributed by atoms with Gasteiger partial charge in [-0.1, -0.05) is 12.1 Å². The van der Waals surface area contributed by atoms with Crippen LogP contribution in [0.25, 0.3) is 0 Å². The molecule has 2 unspecified atom stereocenters. The SMILES string of the molecule is COc1cccc(CC(=O)N2CC3CC2CS3)c1. The van der Waals surface area contributed by atoms with Crippen molar-refractivity contribution in [2.24, 2.45) is 0 Å². The van der Waals surface area contributed by atoms with Crippen LogP contribution in [0.3, 0.4) is 0 Å². The molecule has 0 aromatic heterocycles. The Morgan fingerprint density at radius 2 is 2.44 bits per heavy atom. The van der Waals surface area contributed by atoms with E-state index in [0.717, 1.165) is 23.6 Å². The summed E-state index contributed by atoms with van der Waals surface area (Å²) in [6.45, 7) is 0.943. The maximum atomic E-state index is 12.3. The van der Waals surface area contributed by atoms with Crippen molar-refractivity contribution in [3.8, 4) is 5.75 Å². The van der Waals surface area contributed by atoms with Crippen LogP contribution in [0.4, 0.5) is 0 Å². The number of rotatable bonds is 3. The van der Waals surface area contributed by atoms with Gasteiger partial charge in [-0.25, -0.2) is 0 Å². The van der Waals surface area contributed by atoms with Crippen molar-refractivity contribution in [3.63, 3.8) is 0 Å². The lowest BCUT2D eigenvalue weighted by molar-refractivity contribution is -0.130. The number of hydrogen-bond donors (Lipinski definition) is 0. The van der Waals surface area contributed by atoms with Crippen LogP contribution in [0.5, 0.6) is 5.75 Å². The lowest BCUT2D eigenvalue weighted by atomic mass is 10.1. The average molecular weight is 263 g/mol. The number of thioether (sulfide) groups is 1. The monoisotopic (exact) mass is 263 g/mol. The number of benzene rings is 1. The molecule has 0 saturated carbocycles. The van der Waals surface area contributed by atoms with Gasteiger partial charge in [0.1, 0.15) is 5.75 Å². The smallest absolute Gasteiger partial charge is 0.227 e. The molecule has 1 aromatic carbocycles. The number of carbonyl (C=O) groups excluding carboxylic acids is 1. The molecule has 4 heteroatoms. The molecule has 18 heavy (non-hydrogen) atoms. The van der Waals surface area contributed by atoms with Gasteiger partial charge < -0.3 is 9.64 Å². The first-order valence-electron chi connectivity index (χ1n) is 6.30. The first-order valence-corrected chi connectivity index (χ1v) is 7.35. The van der Waals surface area contributed by atoms with Crippen molar-refractivity contribution in [1.82, 2.24) is 4.90 Å². The van der Waals surface area contributed by atoms with Gasteiger partial charge in [0, 0.05) is 23.6 Å². The summed E-state index contributed by atoms with van der Waals surface area (Å²) >= 11 is 2.01. The molecule has 0 spiro atoms. The van der Waals surface area contributed by atoms with Crippen molar-refractivity contribution < 1.29 is 9.53 Å². The molecule has 2 aliphatic heterocycles. The van der Waals surface area contributed by atoms with Gasteiger partial charge in [-0.15, -0.1) is 0 Å². The van der Waals surface area contributed by atoms with Crippen molar-refractivity contribution in [3.05, 3.63) is 29.8 Å². The number of amides is 1. The van der Waals surface area contributed by atoms with Gasteiger partial charge in [0.25, 0.3) is 0 Å². The summed E-state index contributed by atoms with van der Waals surface area (Å²) in [6.07, 6.45) is 1.68. The predicted molar refractivity (Wildman–Crippen MR) is 73.1 cm³/mol. The first kappa shape index (κ1) is 11.9. The van der Waals surface area contributed by atoms with Crippen molar-refractivity contribution >= 4 is 17.7 Å². The average Bonchev–Trinajstić information content (AvgIpc) is 3.01. The van der Waals surface area contributed by atoms with Crippen LogP contribution < -0.4 is 4.74 Å². The summed E-state index contributed by atoms with van der Waals surface area (Å²) in [6, 6.07) is 8.26. The summed E-state index contributed by atoms with van der Waals surface area (Å²) in [5.74, 6) is 2.20. The minimum atomic E-state index is 0.260. The number of hydrogen-bond acceptors (Lipinski definition) is 3. The van der Waals surface area contributed by atoms with E-state index in [0.29, 0.717) is 17.7 Å². The van der Waals surface area contributed by atoms with Gasteiger partial charge in [0.2, 0.25) is 5.91 Å². The molecular weight excluding hydrogens is 246 g/mol. The molecule has 2 saturated heterocycles. The van der Waals surface area contributed by atoms with Crippen LogP contribution in [-0.4, -0.2) is 41.5 Å². The molecule has 3 rings (SSSR count). The Morgan fingerprint density at radius 1 is 1.56 bits per heavy atom. The van der Waals surface area contributed by atoms with E-state index in [2.05, 4.69) is 4.90 Å². The highest BCUT2D eigenvalue weighted by molar-refractivity contribution is 8.00. The van der Waals surface area contributed by atoms with E-state index in [1.807, 2.05) is 36.0 Å². The van der Waals surface area contributed by atoms with E-state index >= 15 is 0 Å². The van der Waals surface area contributed by atoms with E-state index < -0.39 is 0 Å². The number of carbonyl (C=O) groups is 1. The highest BCUT2D eigenvalue weighted by Crippen LogP contribution is 2.37. The largest absolute Gasteiger partial charge is 0.497 e. The quantitative estimate of drug-likeness (QED) is 0.835. The fraction of sp³-hybridized carbons (Fsp3) is 0.500. The first-order chi connectivity index (χ1) is 8.76. The zero-order valence-corrected chi connectivity index (χ0v) is 11.3. The highest BCUT2D eigenvalue weighted by atomic mass is 32.2. The van der Waals surface area contributed by atoms with Gasteiger partial charge in [0.15, 0.2) is 0 Å². The Balaban J connectivity index is 1.67. The standard InChI is InChI=1S/C14H17NO2S/c1-17-12-4-2-3-10(5-12)6-14(16)15-8-13-7-11(15)9-18-13/h2-5,11,13H,6-9H2,1H3. The Labute approximate surface area is 111 Å². The molecule has 0 N–H and O–H groups in total. The van der Waals surface area contributed by atoms with Gasteiger partial charge in [-0.3, -0.25) is 4.79 Å². The molecule has 1 amide bonds. The fourth-order valence-corrected chi connectivity index (χ4v) is 4.20. The number of nitrogens with zero attached hydrogens (tertiary/aromatic N) is 1. The summed E-state index contributed by atoms with van der Waals surface area (Å²) in [5.41, 5.74) is 1.04. The van der Waals surface area contributed by atoms with Crippen LogP contribution in [0.1, 0.15) is 12.0 Å². The molecule has 1 aromatic rings. The van der Waals surface area contributed by atoms with Crippen molar-refractivity contribution in [2.45, 2.75) is 24.1 Å². The third-order valence-corrected chi connectivity index (χ3v) is 5.10. The minimum absolute atomic E-state index is 0.260. The van der Waals surface area contributed by atoms with Crippen LogP contribution in [0.2, 0.25) is 0 Å². The van der Waals surface area contributed by atoms with Crippen LogP contribution in [0.15, 0.2) is 24.3 Å². The molecule has 2 heterocycles. The molecule has 0 radical (unpaired) electrons. The Hall–Kier alpha value is -1.16. The fourth-order valence-electron chi connectivity index (χ4n) is 2.76. The third-order valence-electron chi connectivity index (χ3n) is 3.71. The second kappa shape index (κ2) is 4.84. The second-order valence-electron chi connectivity index (χ2n) is 4.92. The third kappa shape index (κ3) is 2.21. The molecule has 2 fully saturated rings. The Bertz CT molecular complexity index is 463. The van der Waals surface area contributed by atoms with E-state index in [9.17, 15) is 4.79 Å². The molecule has 0 aliphatic carbocycles. The van der Waals surface area contributed by atoms with Crippen molar-refractivity contribution in [1.29, 1.82) is 0 Å². The van der Waals surface area contributed by atoms with Gasteiger partial charge in [-0.2, -0.15) is 11.8 Å². The van der Waals surface area contributed by atoms with Crippen LogP contribution in [-0.2, 0) is 11.2 Å². The molecular formula is C14H17NO2S. The van der Waals surface area contributed by atoms with Crippen molar-refractivity contribution in [2.75, 3.05) is 19.4 Å². The highest BCUT2D eigenvalue weighted by Gasteiger charge is 2.40. The number of likely N-dealkylation sites (tertiary alicyclic amines) is 1. The van der Waals surface area contributed by atoms with E-state index in [-0.39, 0.29) is 5.91 Å². The zero-order chi connectivity index (χ0) is 12.5. The Kier molecular flexibility index (Phi) is 3.20. The van der Waals surface area contributed by atoms with Gasteiger partial charge >= 0.3 is 0 Å². The summed E-state index contributed by atoms with van der Waals surface area (Å²) in [5, 5.41) is 0.684. The number of methoxy groups -OCH3 is 1. The topological polar surface area (TPSA) is 29.5 Å². The Morgan fingerprint density at radius 3 is 3.11 bits per heavy atom. The lowest BCUT2D eigenvalue weighted by Crippen LogP contribution is -2.40. The van der Waals surface area contributed by atoms with Gasteiger partial charge in [0.05, 0.1) is 13.5 Å². The molecule has 3 nitrogen and oxygen atoms in total. The normalized spacial score (nSPS) is 25.5. The molecule has 2 atom stereocenters. The second-order valence-corrected chi connectivity index (χ2v) is 6.25. The predicted octanol–water partition coefficient (Wildman–Crippen LogP) is 1.95. The summed E-state index contributed by atoms with van der Waals surface area (Å²) in [7, 11) is 1.65. The zero-order valence-electron chi connectivity index (χ0n) is 10.5. The minimum Gasteiger partial charge on any atom is -0.497 e. The van der Waals surface area contributed by atoms with E-state index in [1.54, 1.807) is 7.11 Å².